The highest BCUT2D eigenvalue weighted by Gasteiger charge is 2.11. The van der Waals surface area contributed by atoms with E-state index in [0.29, 0.717) is 18.8 Å². The predicted octanol–water partition coefficient (Wildman–Crippen LogP) is 0.976. The number of nitrogens with zero attached hydrogens (tertiary/aromatic N) is 2. The maximum Gasteiger partial charge on any atom is 0.134 e. The van der Waals surface area contributed by atoms with Gasteiger partial charge in [-0.05, 0) is 12.3 Å². The minimum atomic E-state index is 0.171. The molecule has 0 aliphatic carbocycles. The molecule has 0 aliphatic heterocycles. The van der Waals surface area contributed by atoms with Crippen molar-refractivity contribution in [3.05, 3.63) is 11.9 Å². The van der Waals surface area contributed by atoms with Crippen molar-refractivity contribution in [2.45, 2.75) is 26.2 Å². The number of aliphatic hydroxyl groups excluding tert-OH is 1. The van der Waals surface area contributed by atoms with E-state index in [1.165, 1.54) is 6.33 Å². The summed E-state index contributed by atoms with van der Waals surface area (Å²) in [5, 5.41) is 11.8. The lowest BCUT2D eigenvalue weighted by Gasteiger charge is -2.14. The summed E-state index contributed by atoms with van der Waals surface area (Å²) >= 11 is 0. The standard InChI is InChI=1S/C10H18N4O/c1-7(2)8-9(11)13-6-14-10(8)12-4-3-5-15/h6-7,15H,3-5H2,1-2H3,(H3,11,12,13,14). The zero-order valence-corrected chi connectivity index (χ0v) is 9.20. The van der Waals surface area contributed by atoms with Crippen molar-refractivity contribution in [2.75, 3.05) is 24.2 Å². The van der Waals surface area contributed by atoms with Crippen LogP contribution in [0.15, 0.2) is 6.33 Å². The molecule has 0 saturated carbocycles. The molecule has 0 saturated heterocycles. The van der Waals surface area contributed by atoms with Crippen LogP contribution in [0, 0.1) is 0 Å². The summed E-state index contributed by atoms with van der Waals surface area (Å²) in [6.45, 7) is 4.95. The first-order chi connectivity index (χ1) is 7.16. The number of nitrogens with two attached hydrogens (primary N) is 1. The fourth-order valence-corrected chi connectivity index (χ4v) is 1.41. The zero-order chi connectivity index (χ0) is 11.3. The Morgan fingerprint density at radius 1 is 1.47 bits per heavy atom. The fourth-order valence-electron chi connectivity index (χ4n) is 1.41. The van der Waals surface area contributed by atoms with Crippen LogP contribution in [-0.2, 0) is 0 Å². The van der Waals surface area contributed by atoms with E-state index in [-0.39, 0.29) is 12.5 Å². The second kappa shape index (κ2) is 5.50. The molecule has 0 radical (unpaired) electrons. The Balaban J connectivity index is 2.81. The Kier molecular flexibility index (Phi) is 4.30. The SMILES string of the molecule is CC(C)c1c(N)ncnc1NCCCO. The molecule has 4 N–H and O–H groups in total. The fraction of sp³-hybridized carbons (Fsp3) is 0.600. The van der Waals surface area contributed by atoms with Crippen molar-refractivity contribution in [2.24, 2.45) is 0 Å². The molecule has 5 heteroatoms. The second-order valence-corrected chi connectivity index (χ2v) is 3.68. The highest BCUT2D eigenvalue weighted by atomic mass is 16.3. The highest BCUT2D eigenvalue weighted by molar-refractivity contribution is 5.56. The number of nitrogen functional groups attached to an aromatic ring is 1. The van der Waals surface area contributed by atoms with Crippen molar-refractivity contribution in [1.82, 2.24) is 9.97 Å². The first kappa shape index (κ1) is 11.7. The molecule has 1 rings (SSSR count). The molecule has 1 aromatic rings. The van der Waals surface area contributed by atoms with Gasteiger partial charge in [0.1, 0.15) is 18.0 Å². The summed E-state index contributed by atoms with van der Waals surface area (Å²) in [5.74, 6) is 1.57. The van der Waals surface area contributed by atoms with Crippen LogP contribution >= 0.6 is 0 Å². The molecule has 5 nitrogen and oxygen atoms in total. The molecule has 0 aliphatic rings. The van der Waals surface area contributed by atoms with Crippen LogP contribution < -0.4 is 11.1 Å². The molecule has 0 atom stereocenters. The number of hydrogen-bond donors (Lipinski definition) is 3. The van der Waals surface area contributed by atoms with Gasteiger partial charge in [0.2, 0.25) is 0 Å². The molecule has 0 fully saturated rings. The Morgan fingerprint density at radius 2 is 2.20 bits per heavy atom. The van der Waals surface area contributed by atoms with Crippen molar-refractivity contribution < 1.29 is 5.11 Å². The summed E-state index contributed by atoms with van der Waals surface area (Å²) < 4.78 is 0. The van der Waals surface area contributed by atoms with E-state index < -0.39 is 0 Å². The topological polar surface area (TPSA) is 84.1 Å². The van der Waals surface area contributed by atoms with Crippen LogP contribution in [0.3, 0.4) is 0 Å². The monoisotopic (exact) mass is 210 g/mol. The highest BCUT2D eigenvalue weighted by Crippen LogP contribution is 2.25. The first-order valence-corrected chi connectivity index (χ1v) is 5.12. The smallest absolute Gasteiger partial charge is 0.134 e. The molecular formula is C10H18N4O. The molecule has 0 unspecified atom stereocenters. The van der Waals surface area contributed by atoms with E-state index >= 15 is 0 Å². The van der Waals surface area contributed by atoms with Gasteiger partial charge >= 0.3 is 0 Å². The quantitative estimate of drug-likeness (QED) is 0.631. The van der Waals surface area contributed by atoms with Crippen LogP contribution in [0.5, 0.6) is 0 Å². The summed E-state index contributed by atoms with van der Waals surface area (Å²) in [4.78, 5) is 8.12. The van der Waals surface area contributed by atoms with Crippen molar-refractivity contribution in [3.8, 4) is 0 Å². The van der Waals surface area contributed by atoms with Gasteiger partial charge in [0.15, 0.2) is 0 Å². The maximum absolute atomic E-state index is 8.68. The van der Waals surface area contributed by atoms with E-state index in [1.807, 2.05) is 13.8 Å². The van der Waals surface area contributed by atoms with Gasteiger partial charge in [-0.1, -0.05) is 13.8 Å². The van der Waals surface area contributed by atoms with E-state index in [2.05, 4.69) is 15.3 Å². The third-order valence-corrected chi connectivity index (χ3v) is 2.12. The minimum Gasteiger partial charge on any atom is -0.396 e. The average Bonchev–Trinajstić information content (AvgIpc) is 2.17. The van der Waals surface area contributed by atoms with E-state index in [0.717, 1.165) is 11.4 Å². The van der Waals surface area contributed by atoms with Crippen LogP contribution in [-0.4, -0.2) is 28.2 Å². The average molecular weight is 210 g/mol. The normalized spacial score (nSPS) is 10.7. The number of nitrogens with one attached hydrogen (secondary N) is 1. The van der Waals surface area contributed by atoms with E-state index in [9.17, 15) is 0 Å². The lowest BCUT2D eigenvalue weighted by atomic mass is 10.0. The molecule has 1 heterocycles. The summed E-state index contributed by atoms with van der Waals surface area (Å²) in [6.07, 6.45) is 2.14. The molecule has 0 amide bonds. The van der Waals surface area contributed by atoms with Gasteiger partial charge in [-0.3, -0.25) is 0 Å². The van der Waals surface area contributed by atoms with Gasteiger partial charge in [0.05, 0.1) is 0 Å². The van der Waals surface area contributed by atoms with Gasteiger partial charge in [-0.2, -0.15) is 0 Å². The van der Waals surface area contributed by atoms with Gasteiger partial charge in [0.25, 0.3) is 0 Å². The largest absolute Gasteiger partial charge is 0.396 e. The zero-order valence-electron chi connectivity index (χ0n) is 9.20. The van der Waals surface area contributed by atoms with Gasteiger partial charge in [-0.25, -0.2) is 9.97 Å². The molecule has 0 bridgehead atoms. The van der Waals surface area contributed by atoms with Crippen molar-refractivity contribution in [1.29, 1.82) is 0 Å². The third-order valence-electron chi connectivity index (χ3n) is 2.12. The van der Waals surface area contributed by atoms with Gasteiger partial charge < -0.3 is 16.2 Å². The molecule has 84 valence electrons. The van der Waals surface area contributed by atoms with Crippen molar-refractivity contribution in [3.63, 3.8) is 0 Å². The first-order valence-electron chi connectivity index (χ1n) is 5.12. The Hall–Kier alpha value is -1.36. The maximum atomic E-state index is 8.68. The Morgan fingerprint density at radius 3 is 2.80 bits per heavy atom. The van der Waals surface area contributed by atoms with Crippen LogP contribution in [0.1, 0.15) is 31.7 Å². The second-order valence-electron chi connectivity index (χ2n) is 3.68. The number of hydrogen-bond acceptors (Lipinski definition) is 5. The third kappa shape index (κ3) is 3.06. The van der Waals surface area contributed by atoms with Crippen LogP contribution in [0.4, 0.5) is 11.6 Å². The Labute approximate surface area is 89.7 Å². The number of rotatable bonds is 5. The van der Waals surface area contributed by atoms with Crippen LogP contribution in [0.2, 0.25) is 0 Å². The lowest BCUT2D eigenvalue weighted by molar-refractivity contribution is 0.292. The number of aromatic nitrogens is 2. The number of anilines is 2. The summed E-state index contributed by atoms with van der Waals surface area (Å²) in [7, 11) is 0. The van der Waals surface area contributed by atoms with E-state index in [1.54, 1.807) is 0 Å². The number of aliphatic hydroxyl groups is 1. The van der Waals surface area contributed by atoms with Gasteiger partial charge in [0, 0.05) is 18.7 Å². The Bertz CT molecular complexity index is 314. The molecule has 0 aromatic carbocycles. The lowest BCUT2D eigenvalue weighted by Crippen LogP contribution is -2.11. The summed E-state index contributed by atoms with van der Waals surface area (Å²) in [5.41, 5.74) is 6.73. The molecule has 0 spiro atoms. The molecular weight excluding hydrogens is 192 g/mol. The van der Waals surface area contributed by atoms with Crippen LogP contribution in [0.25, 0.3) is 0 Å². The molecule has 15 heavy (non-hydrogen) atoms. The summed E-state index contributed by atoms with van der Waals surface area (Å²) in [6, 6.07) is 0. The molecule has 1 aromatic heterocycles. The van der Waals surface area contributed by atoms with E-state index in [4.69, 9.17) is 10.8 Å². The van der Waals surface area contributed by atoms with Gasteiger partial charge in [-0.15, -0.1) is 0 Å². The van der Waals surface area contributed by atoms with Crippen molar-refractivity contribution >= 4 is 11.6 Å². The predicted molar refractivity (Wildman–Crippen MR) is 60.7 cm³/mol. The minimum absolute atomic E-state index is 0.171.